The Hall–Kier alpha value is -1.35. The van der Waals surface area contributed by atoms with Gasteiger partial charge >= 0.3 is 0 Å². The normalized spacial score (nSPS) is 10.6. The van der Waals surface area contributed by atoms with Crippen LogP contribution in [0.4, 0.5) is 0 Å². The van der Waals surface area contributed by atoms with Crippen molar-refractivity contribution in [1.82, 2.24) is 4.98 Å². The summed E-state index contributed by atoms with van der Waals surface area (Å²) in [7, 11) is 0. The lowest BCUT2D eigenvalue weighted by Gasteiger charge is -1.92. The van der Waals surface area contributed by atoms with Gasteiger partial charge < -0.3 is 10.2 Å². The number of rotatable bonds is 1. The van der Waals surface area contributed by atoms with Crippen LogP contribution in [0.25, 0.3) is 11.1 Å². The average Bonchev–Trinajstić information content (AvgIpc) is 2.50. The van der Waals surface area contributed by atoms with Crippen LogP contribution < -0.4 is 5.73 Å². The van der Waals surface area contributed by atoms with E-state index in [-0.39, 0.29) is 0 Å². The molecule has 0 aliphatic heterocycles. The lowest BCUT2D eigenvalue weighted by atomic mass is 10.2. The molecule has 2 rings (SSSR count). The van der Waals surface area contributed by atoms with Gasteiger partial charge in [-0.25, -0.2) is 4.98 Å². The fourth-order valence-corrected chi connectivity index (χ4v) is 1.03. The monoisotopic (exact) mass is 148 g/mol. The first kappa shape index (κ1) is 6.37. The van der Waals surface area contributed by atoms with Gasteiger partial charge in [-0.2, -0.15) is 0 Å². The number of hydrogen-bond donors (Lipinski definition) is 1. The molecule has 56 valence electrons. The third-order valence-electron chi connectivity index (χ3n) is 1.63. The van der Waals surface area contributed by atoms with Crippen molar-refractivity contribution in [2.45, 2.75) is 6.54 Å². The summed E-state index contributed by atoms with van der Waals surface area (Å²) in [4.78, 5) is 3.99. The highest BCUT2D eigenvalue weighted by atomic mass is 16.3. The third-order valence-corrected chi connectivity index (χ3v) is 1.63. The van der Waals surface area contributed by atoms with E-state index in [9.17, 15) is 0 Å². The average molecular weight is 148 g/mol. The van der Waals surface area contributed by atoms with Gasteiger partial charge in [0.2, 0.25) is 0 Å². The Morgan fingerprint density at radius 2 is 2.36 bits per heavy atom. The maximum Gasteiger partial charge on any atom is 0.181 e. The second-order valence-electron chi connectivity index (χ2n) is 2.36. The number of hydrogen-bond acceptors (Lipinski definition) is 3. The Morgan fingerprint density at radius 3 is 3.18 bits per heavy atom. The molecule has 0 atom stereocenters. The van der Waals surface area contributed by atoms with E-state index in [0.717, 1.165) is 16.7 Å². The van der Waals surface area contributed by atoms with Crippen molar-refractivity contribution in [3.63, 3.8) is 0 Å². The molecule has 0 aliphatic rings. The summed E-state index contributed by atoms with van der Waals surface area (Å²) in [6.07, 6.45) is 1.44. The Kier molecular flexibility index (Phi) is 1.36. The van der Waals surface area contributed by atoms with Gasteiger partial charge in [-0.15, -0.1) is 0 Å². The summed E-state index contributed by atoms with van der Waals surface area (Å²) < 4.78 is 5.09. The van der Waals surface area contributed by atoms with Crippen LogP contribution in [-0.2, 0) is 6.54 Å². The van der Waals surface area contributed by atoms with Crippen molar-refractivity contribution < 1.29 is 4.42 Å². The van der Waals surface area contributed by atoms with Gasteiger partial charge in [0.25, 0.3) is 0 Å². The second-order valence-corrected chi connectivity index (χ2v) is 2.36. The van der Waals surface area contributed by atoms with E-state index in [2.05, 4.69) is 4.98 Å². The predicted octanol–water partition coefficient (Wildman–Crippen LogP) is 1.29. The zero-order chi connectivity index (χ0) is 7.68. The zero-order valence-electron chi connectivity index (χ0n) is 5.95. The fraction of sp³-hybridized carbons (Fsp3) is 0.125. The van der Waals surface area contributed by atoms with Gasteiger partial charge in [-0.05, 0) is 17.7 Å². The topological polar surface area (TPSA) is 52.0 Å². The van der Waals surface area contributed by atoms with E-state index >= 15 is 0 Å². The molecule has 2 N–H and O–H groups in total. The maximum absolute atomic E-state index is 5.45. The van der Waals surface area contributed by atoms with Crippen LogP contribution in [-0.4, -0.2) is 4.98 Å². The molecule has 3 heteroatoms. The summed E-state index contributed by atoms with van der Waals surface area (Å²) in [6.45, 7) is 0.538. The lowest BCUT2D eigenvalue weighted by molar-refractivity contribution is 0.601. The first-order valence-electron chi connectivity index (χ1n) is 3.42. The van der Waals surface area contributed by atoms with Crippen LogP contribution in [0.2, 0.25) is 0 Å². The number of aromatic nitrogens is 1. The SMILES string of the molecule is NCc1ccc2ncoc2c1. The summed E-state index contributed by atoms with van der Waals surface area (Å²) >= 11 is 0. The van der Waals surface area contributed by atoms with E-state index in [1.807, 2.05) is 18.2 Å². The van der Waals surface area contributed by atoms with Crippen LogP contribution in [0.3, 0.4) is 0 Å². The molecule has 0 fully saturated rings. The quantitative estimate of drug-likeness (QED) is 0.662. The van der Waals surface area contributed by atoms with Gasteiger partial charge in [-0.1, -0.05) is 6.07 Å². The van der Waals surface area contributed by atoms with Crippen molar-refractivity contribution >= 4 is 11.1 Å². The van der Waals surface area contributed by atoms with Crippen LogP contribution in [0, 0.1) is 0 Å². The Labute approximate surface area is 63.8 Å². The van der Waals surface area contributed by atoms with Gasteiger partial charge in [0.15, 0.2) is 12.0 Å². The van der Waals surface area contributed by atoms with Crippen LogP contribution >= 0.6 is 0 Å². The van der Waals surface area contributed by atoms with Crippen molar-refractivity contribution in [1.29, 1.82) is 0 Å². The largest absolute Gasteiger partial charge is 0.443 e. The molecule has 2 aromatic rings. The number of nitrogens with two attached hydrogens (primary N) is 1. The van der Waals surface area contributed by atoms with Gasteiger partial charge in [0, 0.05) is 6.54 Å². The zero-order valence-corrected chi connectivity index (χ0v) is 5.95. The van der Waals surface area contributed by atoms with Gasteiger partial charge in [0.05, 0.1) is 0 Å². The van der Waals surface area contributed by atoms with E-state index in [1.165, 1.54) is 6.39 Å². The van der Waals surface area contributed by atoms with E-state index in [4.69, 9.17) is 10.2 Å². The van der Waals surface area contributed by atoms with Crippen LogP contribution in [0.5, 0.6) is 0 Å². The minimum Gasteiger partial charge on any atom is -0.443 e. The Balaban J connectivity index is 2.67. The molecule has 0 saturated heterocycles. The van der Waals surface area contributed by atoms with Gasteiger partial charge in [0.1, 0.15) is 5.52 Å². The standard InChI is InChI=1S/C8H8N2O/c9-4-6-1-2-7-8(3-6)11-5-10-7/h1-3,5H,4,9H2. The highest BCUT2D eigenvalue weighted by Crippen LogP contribution is 2.13. The molecule has 0 saturated carbocycles. The molecule has 0 bridgehead atoms. The molecule has 0 unspecified atom stereocenters. The molecule has 1 aromatic carbocycles. The molecule has 1 aromatic heterocycles. The number of oxazole rings is 1. The van der Waals surface area contributed by atoms with E-state index in [1.54, 1.807) is 0 Å². The maximum atomic E-state index is 5.45. The highest BCUT2D eigenvalue weighted by Gasteiger charge is 1.97. The molecule has 3 nitrogen and oxygen atoms in total. The van der Waals surface area contributed by atoms with Crippen LogP contribution in [0.1, 0.15) is 5.56 Å². The first-order valence-corrected chi connectivity index (χ1v) is 3.42. The van der Waals surface area contributed by atoms with Crippen LogP contribution in [0.15, 0.2) is 29.0 Å². The van der Waals surface area contributed by atoms with E-state index in [0.29, 0.717) is 6.54 Å². The Bertz CT molecular complexity index is 367. The summed E-state index contributed by atoms with van der Waals surface area (Å²) in [6, 6.07) is 5.76. The minimum absolute atomic E-state index is 0.538. The molecular formula is C8H8N2O. The molecule has 0 radical (unpaired) electrons. The van der Waals surface area contributed by atoms with Crippen molar-refractivity contribution in [3.05, 3.63) is 30.2 Å². The molecule has 11 heavy (non-hydrogen) atoms. The molecule has 0 amide bonds. The summed E-state index contributed by atoms with van der Waals surface area (Å²) in [5, 5.41) is 0. The smallest absolute Gasteiger partial charge is 0.181 e. The summed E-state index contributed by atoms with van der Waals surface area (Å²) in [5.74, 6) is 0. The van der Waals surface area contributed by atoms with Crippen molar-refractivity contribution in [3.8, 4) is 0 Å². The highest BCUT2D eigenvalue weighted by molar-refractivity contribution is 5.72. The lowest BCUT2D eigenvalue weighted by Crippen LogP contribution is -1.94. The number of fused-ring (bicyclic) bond motifs is 1. The predicted molar refractivity (Wildman–Crippen MR) is 41.9 cm³/mol. The molecular weight excluding hydrogens is 140 g/mol. The van der Waals surface area contributed by atoms with Gasteiger partial charge in [-0.3, -0.25) is 0 Å². The number of nitrogens with zero attached hydrogens (tertiary/aromatic N) is 1. The second kappa shape index (κ2) is 2.36. The fourth-order valence-electron chi connectivity index (χ4n) is 1.03. The van der Waals surface area contributed by atoms with Crippen molar-refractivity contribution in [2.24, 2.45) is 5.73 Å². The molecule has 1 heterocycles. The van der Waals surface area contributed by atoms with Crippen molar-refractivity contribution in [2.75, 3.05) is 0 Å². The summed E-state index contributed by atoms with van der Waals surface area (Å²) in [5.41, 5.74) is 8.19. The molecule has 0 spiro atoms. The third kappa shape index (κ3) is 0.991. The molecule has 0 aliphatic carbocycles. The number of benzene rings is 1. The first-order chi connectivity index (χ1) is 5.40. The Morgan fingerprint density at radius 1 is 1.45 bits per heavy atom. The minimum atomic E-state index is 0.538. The van der Waals surface area contributed by atoms with E-state index < -0.39 is 0 Å².